The van der Waals surface area contributed by atoms with Crippen molar-refractivity contribution >= 4 is 11.6 Å². The fourth-order valence-corrected chi connectivity index (χ4v) is 1.80. The normalized spacial score (nSPS) is 17.9. The van der Waals surface area contributed by atoms with Crippen LogP contribution in [0.15, 0.2) is 6.20 Å². The van der Waals surface area contributed by atoms with Crippen LogP contribution in [0, 0.1) is 5.92 Å². The molecule has 0 atom stereocenters. The molecule has 4 N–H and O–H groups in total. The van der Waals surface area contributed by atoms with Crippen LogP contribution in [-0.2, 0) is 11.2 Å². The standard InChI is InChI=1S/C10H16N4O/c11-9-10(12)14-8(6-13-9)5-7-1-3-15-4-2-7/h6-7H,1-5H2,(H2,11,13)(H2,12,14). The summed E-state index contributed by atoms with van der Waals surface area (Å²) in [5.74, 6) is 1.28. The lowest BCUT2D eigenvalue weighted by Crippen LogP contribution is -2.18. The monoisotopic (exact) mass is 208 g/mol. The van der Waals surface area contributed by atoms with Crippen LogP contribution in [0.4, 0.5) is 11.6 Å². The van der Waals surface area contributed by atoms with Crippen molar-refractivity contribution in [2.75, 3.05) is 24.7 Å². The van der Waals surface area contributed by atoms with Gasteiger partial charge < -0.3 is 16.2 Å². The van der Waals surface area contributed by atoms with Crippen LogP contribution in [0.5, 0.6) is 0 Å². The van der Waals surface area contributed by atoms with Crippen LogP contribution in [-0.4, -0.2) is 23.2 Å². The van der Waals surface area contributed by atoms with Crippen molar-refractivity contribution in [2.45, 2.75) is 19.3 Å². The Morgan fingerprint density at radius 2 is 2.00 bits per heavy atom. The second kappa shape index (κ2) is 4.44. The van der Waals surface area contributed by atoms with Gasteiger partial charge in [-0.3, -0.25) is 0 Å². The van der Waals surface area contributed by atoms with E-state index in [0.29, 0.717) is 17.6 Å². The predicted octanol–water partition coefficient (Wildman–Crippen LogP) is 0.610. The van der Waals surface area contributed by atoms with Crippen molar-refractivity contribution in [1.82, 2.24) is 9.97 Å². The smallest absolute Gasteiger partial charge is 0.166 e. The summed E-state index contributed by atoms with van der Waals surface area (Å²) in [4.78, 5) is 8.22. The lowest BCUT2D eigenvalue weighted by atomic mass is 9.95. The molecule has 0 saturated carbocycles. The molecular formula is C10H16N4O. The van der Waals surface area contributed by atoms with Gasteiger partial charge in [0.15, 0.2) is 11.6 Å². The molecule has 1 aliphatic heterocycles. The summed E-state index contributed by atoms with van der Waals surface area (Å²) in [6.07, 6.45) is 4.81. The Morgan fingerprint density at radius 1 is 1.27 bits per heavy atom. The molecule has 0 radical (unpaired) electrons. The SMILES string of the molecule is Nc1ncc(CC2CCOCC2)nc1N. The number of aromatic nitrogens is 2. The van der Waals surface area contributed by atoms with Gasteiger partial charge >= 0.3 is 0 Å². The van der Waals surface area contributed by atoms with E-state index >= 15 is 0 Å². The van der Waals surface area contributed by atoms with Crippen LogP contribution in [0.25, 0.3) is 0 Å². The Balaban J connectivity index is 2.00. The highest BCUT2D eigenvalue weighted by Gasteiger charge is 2.15. The summed E-state index contributed by atoms with van der Waals surface area (Å²) in [7, 11) is 0. The molecular weight excluding hydrogens is 192 g/mol. The number of hydrogen-bond donors (Lipinski definition) is 2. The van der Waals surface area contributed by atoms with E-state index in [1.54, 1.807) is 6.20 Å². The highest BCUT2D eigenvalue weighted by atomic mass is 16.5. The Morgan fingerprint density at radius 3 is 2.67 bits per heavy atom. The topological polar surface area (TPSA) is 87.0 Å². The second-order valence-electron chi connectivity index (χ2n) is 3.89. The zero-order valence-electron chi connectivity index (χ0n) is 8.65. The Bertz CT molecular complexity index is 336. The van der Waals surface area contributed by atoms with Crippen molar-refractivity contribution < 1.29 is 4.74 Å². The molecule has 5 nitrogen and oxygen atoms in total. The van der Waals surface area contributed by atoms with Gasteiger partial charge in [-0.2, -0.15) is 0 Å². The fourth-order valence-electron chi connectivity index (χ4n) is 1.80. The predicted molar refractivity (Wildman–Crippen MR) is 58.1 cm³/mol. The molecule has 82 valence electrons. The lowest BCUT2D eigenvalue weighted by molar-refractivity contribution is 0.0662. The van der Waals surface area contributed by atoms with Gasteiger partial charge in [-0.15, -0.1) is 0 Å². The average molecular weight is 208 g/mol. The Kier molecular flexibility index (Phi) is 3.01. The lowest BCUT2D eigenvalue weighted by Gasteiger charge is -2.21. The number of anilines is 2. The molecule has 1 aliphatic rings. The third-order valence-corrected chi connectivity index (χ3v) is 2.72. The molecule has 0 amide bonds. The van der Waals surface area contributed by atoms with Gasteiger partial charge in [-0.1, -0.05) is 0 Å². The highest BCUT2D eigenvalue weighted by Crippen LogP contribution is 2.19. The van der Waals surface area contributed by atoms with E-state index in [4.69, 9.17) is 16.2 Å². The van der Waals surface area contributed by atoms with E-state index < -0.39 is 0 Å². The van der Waals surface area contributed by atoms with E-state index in [-0.39, 0.29) is 0 Å². The molecule has 0 spiro atoms. The number of nitrogens with zero attached hydrogens (tertiary/aromatic N) is 2. The summed E-state index contributed by atoms with van der Waals surface area (Å²) >= 11 is 0. The zero-order valence-corrected chi connectivity index (χ0v) is 8.65. The summed E-state index contributed by atoms with van der Waals surface area (Å²) in [5, 5.41) is 0. The zero-order chi connectivity index (χ0) is 10.7. The molecule has 0 bridgehead atoms. The molecule has 2 heterocycles. The second-order valence-corrected chi connectivity index (χ2v) is 3.89. The van der Waals surface area contributed by atoms with Gasteiger partial charge in [-0.05, 0) is 25.2 Å². The molecule has 0 aromatic carbocycles. The van der Waals surface area contributed by atoms with Crippen molar-refractivity contribution in [3.05, 3.63) is 11.9 Å². The van der Waals surface area contributed by atoms with Crippen LogP contribution in [0.3, 0.4) is 0 Å². The minimum atomic E-state index is 0.311. The molecule has 1 aromatic heterocycles. The summed E-state index contributed by atoms with van der Waals surface area (Å²) in [6, 6.07) is 0. The van der Waals surface area contributed by atoms with Crippen LogP contribution in [0.1, 0.15) is 18.5 Å². The van der Waals surface area contributed by atoms with Crippen molar-refractivity contribution in [2.24, 2.45) is 5.92 Å². The quantitative estimate of drug-likeness (QED) is 0.743. The Hall–Kier alpha value is -1.36. The number of ether oxygens (including phenoxy) is 1. The first-order valence-electron chi connectivity index (χ1n) is 5.20. The van der Waals surface area contributed by atoms with Gasteiger partial charge in [-0.25, -0.2) is 9.97 Å². The van der Waals surface area contributed by atoms with Gasteiger partial charge in [0.2, 0.25) is 0 Å². The minimum Gasteiger partial charge on any atom is -0.381 e. The highest BCUT2D eigenvalue weighted by molar-refractivity contribution is 5.51. The maximum absolute atomic E-state index is 5.60. The summed E-state index contributed by atoms with van der Waals surface area (Å²) in [6.45, 7) is 1.70. The third-order valence-electron chi connectivity index (χ3n) is 2.72. The first-order valence-corrected chi connectivity index (χ1v) is 5.20. The van der Waals surface area contributed by atoms with E-state index in [1.807, 2.05) is 0 Å². The van der Waals surface area contributed by atoms with Crippen LogP contribution < -0.4 is 11.5 Å². The third kappa shape index (κ3) is 2.56. The first-order chi connectivity index (χ1) is 7.25. The van der Waals surface area contributed by atoms with Gasteiger partial charge in [0, 0.05) is 13.2 Å². The molecule has 5 heteroatoms. The Labute approximate surface area is 88.8 Å². The summed E-state index contributed by atoms with van der Waals surface area (Å²) in [5.41, 5.74) is 12.0. The maximum atomic E-state index is 5.60. The summed E-state index contributed by atoms with van der Waals surface area (Å²) < 4.78 is 5.30. The number of hydrogen-bond acceptors (Lipinski definition) is 5. The number of nitrogens with two attached hydrogens (primary N) is 2. The molecule has 0 unspecified atom stereocenters. The minimum absolute atomic E-state index is 0.311. The maximum Gasteiger partial charge on any atom is 0.166 e. The first kappa shape index (κ1) is 10.2. The van der Waals surface area contributed by atoms with E-state index in [0.717, 1.165) is 38.2 Å². The molecule has 2 rings (SSSR count). The largest absolute Gasteiger partial charge is 0.381 e. The van der Waals surface area contributed by atoms with E-state index in [9.17, 15) is 0 Å². The average Bonchev–Trinajstić information content (AvgIpc) is 2.25. The van der Waals surface area contributed by atoms with Gasteiger partial charge in [0.25, 0.3) is 0 Å². The number of rotatable bonds is 2. The van der Waals surface area contributed by atoms with E-state index in [1.165, 1.54) is 0 Å². The fraction of sp³-hybridized carbons (Fsp3) is 0.600. The molecule has 1 saturated heterocycles. The van der Waals surface area contributed by atoms with Gasteiger partial charge in [0.05, 0.1) is 11.9 Å². The molecule has 0 aliphatic carbocycles. The molecule has 15 heavy (non-hydrogen) atoms. The van der Waals surface area contributed by atoms with Crippen molar-refractivity contribution in [1.29, 1.82) is 0 Å². The van der Waals surface area contributed by atoms with Crippen LogP contribution in [0.2, 0.25) is 0 Å². The molecule has 1 fully saturated rings. The van der Waals surface area contributed by atoms with Crippen molar-refractivity contribution in [3.8, 4) is 0 Å². The number of nitrogen functional groups attached to an aromatic ring is 2. The van der Waals surface area contributed by atoms with E-state index in [2.05, 4.69) is 9.97 Å². The van der Waals surface area contributed by atoms with Crippen molar-refractivity contribution in [3.63, 3.8) is 0 Å². The molecule has 1 aromatic rings. The van der Waals surface area contributed by atoms with Gasteiger partial charge in [0.1, 0.15) is 0 Å². The van der Waals surface area contributed by atoms with Crippen LogP contribution >= 0.6 is 0 Å².